The van der Waals surface area contributed by atoms with Crippen molar-refractivity contribution in [1.29, 1.82) is 0 Å². The minimum Gasteiger partial charge on any atom is -0.481 e. The van der Waals surface area contributed by atoms with Crippen molar-refractivity contribution in [3.8, 4) is 0 Å². The summed E-state index contributed by atoms with van der Waals surface area (Å²) in [6.45, 7) is 4.65. The molecule has 1 aliphatic rings. The molecule has 0 aliphatic carbocycles. The van der Waals surface area contributed by atoms with Crippen LogP contribution in [0.4, 0.5) is 0 Å². The number of ether oxygens (including phenoxy) is 1. The highest BCUT2D eigenvalue weighted by atomic mass is 16.5. The Balaban J connectivity index is 2.07. The Bertz CT molecular complexity index is 301. The summed E-state index contributed by atoms with van der Waals surface area (Å²) in [5.41, 5.74) is -0.239. The summed E-state index contributed by atoms with van der Waals surface area (Å²) >= 11 is 0. The zero-order valence-electron chi connectivity index (χ0n) is 15.1. The lowest BCUT2D eigenvalue weighted by atomic mass is 9.89. The number of carbonyl (C=O) groups is 1. The van der Waals surface area contributed by atoms with Crippen molar-refractivity contribution in [3.05, 3.63) is 0 Å². The number of morpholine rings is 1. The second-order valence-electron chi connectivity index (χ2n) is 7.03. The van der Waals surface area contributed by atoms with Gasteiger partial charge in [-0.2, -0.15) is 0 Å². The van der Waals surface area contributed by atoms with Gasteiger partial charge in [0.1, 0.15) is 0 Å². The highest BCUT2D eigenvalue weighted by Crippen LogP contribution is 2.27. The molecule has 0 aromatic carbocycles. The van der Waals surface area contributed by atoms with Gasteiger partial charge in [-0.1, -0.05) is 71.1 Å². The monoisotopic (exact) mass is 327 g/mol. The molecule has 1 rings (SSSR count). The van der Waals surface area contributed by atoms with E-state index in [1.165, 1.54) is 57.8 Å². The van der Waals surface area contributed by atoms with E-state index in [1.807, 2.05) is 0 Å². The maximum Gasteiger partial charge on any atom is 0.303 e. The highest BCUT2D eigenvalue weighted by Gasteiger charge is 2.32. The van der Waals surface area contributed by atoms with Crippen LogP contribution in [-0.4, -0.2) is 36.4 Å². The topological polar surface area (TPSA) is 58.6 Å². The molecule has 136 valence electrons. The van der Waals surface area contributed by atoms with E-state index in [0.717, 1.165) is 25.9 Å². The zero-order chi connectivity index (χ0) is 16.8. The molecule has 4 heteroatoms. The molecule has 23 heavy (non-hydrogen) atoms. The smallest absolute Gasteiger partial charge is 0.303 e. The Hall–Kier alpha value is -0.610. The van der Waals surface area contributed by atoms with Gasteiger partial charge < -0.3 is 15.2 Å². The number of aliphatic carboxylic acids is 1. The average Bonchev–Trinajstić information content (AvgIpc) is 2.56. The maximum absolute atomic E-state index is 10.9. The second-order valence-corrected chi connectivity index (χ2v) is 7.03. The lowest BCUT2D eigenvalue weighted by molar-refractivity contribution is -0.140. The summed E-state index contributed by atoms with van der Waals surface area (Å²) in [4.78, 5) is 10.9. The molecular formula is C19H37NO3. The van der Waals surface area contributed by atoms with Crippen molar-refractivity contribution in [2.45, 2.75) is 96.0 Å². The van der Waals surface area contributed by atoms with E-state index in [4.69, 9.17) is 9.84 Å². The number of rotatable bonds is 14. The molecule has 0 aromatic rings. The van der Waals surface area contributed by atoms with Crippen molar-refractivity contribution in [3.63, 3.8) is 0 Å². The highest BCUT2D eigenvalue weighted by molar-refractivity contribution is 5.66. The number of hydrogen-bond acceptors (Lipinski definition) is 3. The standard InChI is InChI=1S/C19H37NO3/c1-2-3-4-5-6-7-8-9-10-11-13-19(14-12-18(21)22)17-20-15-16-23-19/h20H,2-17H2,1H3,(H,21,22). The fourth-order valence-electron chi connectivity index (χ4n) is 3.42. The van der Waals surface area contributed by atoms with E-state index in [0.29, 0.717) is 13.0 Å². The zero-order valence-corrected chi connectivity index (χ0v) is 15.1. The van der Waals surface area contributed by atoms with Crippen LogP contribution in [0, 0.1) is 0 Å². The summed E-state index contributed by atoms with van der Waals surface area (Å²) in [6.07, 6.45) is 15.1. The van der Waals surface area contributed by atoms with Crippen LogP contribution in [0.25, 0.3) is 0 Å². The van der Waals surface area contributed by atoms with Gasteiger partial charge in [-0.05, 0) is 12.8 Å². The number of nitrogens with one attached hydrogen (secondary N) is 1. The third kappa shape index (κ3) is 9.98. The Labute approximate surface area is 142 Å². The van der Waals surface area contributed by atoms with Crippen LogP contribution >= 0.6 is 0 Å². The Kier molecular flexibility index (Phi) is 11.3. The van der Waals surface area contributed by atoms with Gasteiger partial charge in [0.2, 0.25) is 0 Å². The lowest BCUT2D eigenvalue weighted by Gasteiger charge is -2.38. The Morgan fingerprint density at radius 2 is 1.61 bits per heavy atom. The van der Waals surface area contributed by atoms with E-state index in [2.05, 4.69) is 12.2 Å². The molecule has 2 N–H and O–H groups in total. The maximum atomic E-state index is 10.9. The molecule has 0 bridgehead atoms. The summed E-state index contributed by atoms with van der Waals surface area (Å²) in [7, 11) is 0. The molecule has 0 aromatic heterocycles. The average molecular weight is 328 g/mol. The van der Waals surface area contributed by atoms with Gasteiger partial charge in [0.15, 0.2) is 0 Å². The molecule has 0 spiro atoms. The molecule has 0 saturated carbocycles. The number of hydrogen-bond donors (Lipinski definition) is 2. The van der Waals surface area contributed by atoms with Crippen LogP contribution in [0.15, 0.2) is 0 Å². The van der Waals surface area contributed by atoms with Crippen LogP contribution in [0.3, 0.4) is 0 Å². The van der Waals surface area contributed by atoms with Gasteiger partial charge in [0.25, 0.3) is 0 Å². The SMILES string of the molecule is CCCCCCCCCCCCC1(CCC(=O)O)CNCCO1. The van der Waals surface area contributed by atoms with E-state index in [9.17, 15) is 4.79 Å². The van der Waals surface area contributed by atoms with Crippen LogP contribution in [-0.2, 0) is 9.53 Å². The van der Waals surface area contributed by atoms with Crippen LogP contribution in [0.5, 0.6) is 0 Å². The van der Waals surface area contributed by atoms with E-state index < -0.39 is 5.97 Å². The van der Waals surface area contributed by atoms with Crippen molar-refractivity contribution in [2.75, 3.05) is 19.7 Å². The van der Waals surface area contributed by atoms with Gasteiger partial charge >= 0.3 is 5.97 Å². The number of unbranched alkanes of at least 4 members (excludes halogenated alkanes) is 9. The first-order valence-corrected chi connectivity index (χ1v) is 9.75. The van der Waals surface area contributed by atoms with Gasteiger partial charge in [-0.3, -0.25) is 4.79 Å². The van der Waals surface area contributed by atoms with Crippen molar-refractivity contribution >= 4 is 5.97 Å². The molecule has 1 unspecified atom stereocenters. The fourth-order valence-corrected chi connectivity index (χ4v) is 3.42. The third-order valence-electron chi connectivity index (χ3n) is 4.91. The summed E-state index contributed by atoms with van der Waals surface area (Å²) in [5.74, 6) is -0.721. The molecule has 0 amide bonds. The van der Waals surface area contributed by atoms with Crippen LogP contribution in [0.1, 0.15) is 90.4 Å². The normalized spacial score (nSPS) is 21.4. The Morgan fingerprint density at radius 3 is 2.13 bits per heavy atom. The summed E-state index contributed by atoms with van der Waals surface area (Å²) < 4.78 is 5.97. The van der Waals surface area contributed by atoms with Crippen molar-refractivity contribution < 1.29 is 14.6 Å². The first-order chi connectivity index (χ1) is 11.2. The molecular weight excluding hydrogens is 290 g/mol. The molecule has 1 saturated heterocycles. The first kappa shape index (κ1) is 20.4. The van der Waals surface area contributed by atoms with Crippen LogP contribution in [0.2, 0.25) is 0 Å². The number of carboxylic acids is 1. The van der Waals surface area contributed by atoms with Gasteiger partial charge in [0.05, 0.1) is 12.2 Å². The van der Waals surface area contributed by atoms with E-state index in [1.54, 1.807) is 0 Å². The molecule has 1 aliphatic heterocycles. The summed E-state index contributed by atoms with van der Waals surface area (Å²) in [6, 6.07) is 0. The molecule has 1 fully saturated rings. The predicted molar refractivity (Wildman–Crippen MR) is 94.9 cm³/mol. The van der Waals surface area contributed by atoms with E-state index in [-0.39, 0.29) is 12.0 Å². The van der Waals surface area contributed by atoms with Gasteiger partial charge in [-0.25, -0.2) is 0 Å². The minimum atomic E-state index is -0.721. The lowest BCUT2D eigenvalue weighted by Crippen LogP contribution is -2.50. The Morgan fingerprint density at radius 1 is 1.00 bits per heavy atom. The quantitative estimate of drug-likeness (QED) is 0.461. The van der Waals surface area contributed by atoms with Crippen LogP contribution < -0.4 is 5.32 Å². The number of carboxylic acid groups (broad SMARTS) is 1. The third-order valence-corrected chi connectivity index (χ3v) is 4.91. The van der Waals surface area contributed by atoms with Gasteiger partial charge in [-0.15, -0.1) is 0 Å². The first-order valence-electron chi connectivity index (χ1n) is 9.75. The molecule has 1 heterocycles. The van der Waals surface area contributed by atoms with Gasteiger partial charge in [0, 0.05) is 19.5 Å². The molecule has 0 radical (unpaired) electrons. The largest absolute Gasteiger partial charge is 0.481 e. The van der Waals surface area contributed by atoms with E-state index >= 15 is 0 Å². The predicted octanol–water partition coefficient (Wildman–Crippen LogP) is 4.52. The summed E-state index contributed by atoms with van der Waals surface area (Å²) in [5, 5.41) is 12.3. The fraction of sp³-hybridized carbons (Fsp3) is 0.947. The molecule has 1 atom stereocenters. The van der Waals surface area contributed by atoms with Crippen molar-refractivity contribution in [2.24, 2.45) is 0 Å². The minimum absolute atomic E-state index is 0.208. The molecule has 4 nitrogen and oxygen atoms in total. The van der Waals surface area contributed by atoms with Crippen molar-refractivity contribution in [1.82, 2.24) is 5.32 Å². The second kappa shape index (κ2) is 12.8.